The van der Waals surface area contributed by atoms with Gasteiger partial charge >= 0.3 is 0 Å². The lowest BCUT2D eigenvalue weighted by atomic mass is 10.1. The van der Waals surface area contributed by atoms with Crippen molar-refractivity contribution >= 4 is 21.8 Å². The van der Waals surface area contributed by atoms with Crippen molar-refractivity contribution in [3.8, 4) is 0 Å². The molecular formula is C13H18BrNO2. The summed E-state index contributed by atoms with van der Waals surface area (Å²) in [4.78, 5) is 14.0. The topological polar surface area (TPSA) is 40.5 Å². The molecule has 0 aromatic heterocycles. The zero-order chi connectivity index (χ0) is 13.0. The van der Waals surface area contributed by atoms with Crippen molar-refractivity contribution in [2.75, 3.05) is 13.2 Å². The van der Waals surface area contributed by atoms with Gasteiger partial charge in [0.05, 0.1) is 6.61 Å². The van der Waals surface area contributed by atoms with Crippen LogP contribution < -0.4 is 0 Å². The van der Waals surface area contributed by atoms with E-state index in [9.17, 15) is 4.79 Å². The summed E-state index contributed by atoms with van der Waals surface area (Å²) in [6, 6.07) is 5.68. The van der Waals surface area contributed by atoms with E-state index in [1.54, 1.807) is 4.90 Å². The number of carbonyl (C=O) groups is 1. The molecule has 0 saturated heterocycles. The second kappa shape index (κ2) is 6.17. The molecule has 3 nitrogen and oxygen atoms in total. The molecular weight excluding hydrogens is 282 g/mol. The Morgan fingerprint density at radius 2 is 2.12 bits per heavy atom. The quantitative estimate of drug-likeness (QED) is 0.928. The highest BCUT2D eigenvalue weighted by molar-refractivity contribution is 9.10. The Labute approximate surface area is 111 Å². The van der Waals surface area contributed by atoms with Crippen LogP contribution in [0.25, 0.3) is 0 Å². The summed E-state index contributed by atoms with van der Waals surface area (Å²) >= 11 is 3.38. The third-order valence-corrected chi connectivity index (χ3v) is 3.14. The Hall–Kier alpha value is -0.870. The monoisotopic (exact) mass is 299 g/mol. The molecule has 4 heteroatoms. The molecule has 1 aromatic rings. The lowest BCUT2D eigenvalue weighted by molar-refractivity contribution is 0.0664. The fraction of sp³-hybridized carbons (Fsp3) is 0.462. The summed E-state index contributed by atoms with van der Waals surface area (Å²) in [7, 11) is 0. The maximum absolute atomic E-state index is 12.3. The minimum Gasteiger partial charge on any atom is -0.395 e. The molecule has 0 aliphatic carbocycles. The number of aliphatic hydroxyl groups excluding tert-OH is 1. The number of hydrogen-bond acceptors (Lipinski definition) is 2. The Bertz CT molecular complexity index is 404. The van der Waals surface area contributed by atoms with E-state index in [1.165, 1.54) is 0 Å². The highest BCUT2D eigenvalue weighted by Crippen LogP contribution is 2.18. The molecule has 0 aliphatic heterocycles. The van der Waals surface area contributed by atoms with Crippen LogP contribution in [0.15, 0.2) is 22.7 Å². The first-order valence-electron chi connectivity index (χ1n) is 5.65. The van der Waals surface area contributed by atoms with E-state index < -0.39 is 0 Å². The summed E-state index contributed by atoms with van der Waals surface area (Å²) in [5.74, 6) is -0.0287. The van der Waals surface area contributed by atoms with Crippen LogP contribution in [0.4, 0.5) is 0 Å². The number of aliphatic hydroxyl groups is 1. The van der Waals surface area contributed by atoms with Crippen molar-refractivity contribution in [1.29, 1.82) is 0 Å². The molecule has 0 fully saturated rings. The van der Waals surface area contributed by atoms with Crippen LogP contribution in [0.5, 0.6) is 0 Å². The van der Waals surface area contributed by atoms with Gasteiger partial charge in [0, 0.05) is 22.6 Å². The number of carbonyl (C=O) groups excluding carboxylic acids is 1. The zero-order valence-corrected chi connectivity index (χ0v) is 12.0. The smallest absolute Gasteiger partial charge is 0.254 e. The van der Waals surface area contributed by atoms with Crippen molar-refractivity contribution in [1.82, 2.24) is 4.90 Å². The number of halogens is 1. The summed E-state index contributed by atoms with van der Waals surface area (Å²) in [5.41, 5.74) is 1.63. The van der Waals surface area contributed by atoms with Gasteiger partial charge in [-0.2, -0.15) is 0 Å². The van der Waals surface area contributed by atoms with E-state index >= 15 is 0 Å². The largest absolute Gasteiger partial charge is 0.395 e. The van der Waals surface area contributed by atoms with E-state index in [4.69, 9.17) is 5.11 Å². The maximum Gasteiger partial charge on any atom is 0.254 e. The number of amides is 1. The Kier molecular flexibility index (Phi) is 5.15. The second-order valence-electron chi connectivity index (χ2n) is 4.28. The van der Waals surface area contributed by atoms with E-state index in [2.05, 4.69) is 15.9 Å². The Balaban J connectivity index is 3.01. The van der Waals surface area contributed by atoms with Gasteiger partial charge in [0.1, 0.15) is 0 Å². The third-order valence-electron chi connectivity index (χ3n) is 2.64. The molecule has 94 valence electrons. The molecule has 0 atom stereocenters. The molecule has 1 amide bonds. The van der Waals surface area contributed by atoms with E-state index in [0.717, 1.165) is 10.0 Å². The number of aryl methyl sites for hydroxylation is 1. The van der Waals surface area contributed by atoms with Crippen LogP contribution in [0.3, 0.4) is 0 Å². The highest BCUT2D eigenvalue weighted by Gasteiger charge is 2.19. The summed E-state index contributed by atoms with van der Waals surface area (Å²) in [6.45, 7) is 6.16. The standard InChI is InChI=1S/C13H18BrNO2/c1-9(2)15(6-7-16)13(17)12-5-4-11(14)8-10(12)3/h4-5,8-9,16H,6-7H2,1-3H3. The first-order valence-corrected chi connectivity index (χ1v) is 6.44. The van der Waals surface area contributed by atoms with Crippen LogP contribution in [-0.4, -0.2) is 35.1 Å². The lowest BCUT2D eigenvalue weighted by Gasteiger charge is -2.26. The fourth-order valence-electron chi connectivity index (χ4n) is 1.72. The van der Waals surface area contributed by atoms with Gasteiger partial charge in [-0.1, -0.05) is 15.9 Å². The third kappa shape index (κ3) is 3.54. The first kappa shape index (κ1) is 14.2. The van der Waals surface area contributed by atoms with Crippen molar-refractivity contribution in [3.63, 3.8) is 0 Å². The maximum atomic E-state index is 12.3. The number of hydrogen-bond donors (Lipinski definition) is 1. The molecule has 0 aliphatic rings. The molecule has 0 heterocycles. The van der Waals surface area contributed by atoms with Crippen molar-refractivity contribution < 1.29 is 9.90 Å². The normalized spacial score (nSPS) is 10.7. The van der Waals surface area contributed by atoms with Crippen LogP contribution in [0.2, 0.25) is 0 Å². The summed E-state index contributed by atoms with van der Waals surface area (Å²) in [5, 5.41) is 8.99. The van der Waals surface area contributed by atoms with Gasteiger partial charge in [-0.3, -0.25) is 4.79 Å². The number of benzene rings is 1. The van der Waals surface area contributed by atoms with Gasteiger partial charge in [-0.25, -0.2) is 0 Å². The van der Waals surface area contributed by atoms with Crippen LogP contribution in [-0.2, 0) is 0 Å². The van der Waals surface area contributed by atoms with E-state index in [0.29, 0.717) is 12.1 Å². The van der Waals surface area contributed by atoms with Crippen LogP contribution in [0.1, 0.15) is 29.8 Å². The van der Waals surface area contributed by atoms with E-state index in [1.807, 2.05) is 39.0 Å². The number of rotatable bonds is 4. The fourth-order valence-corrected chi connectivity index (χ4v) is 2.20. The highest BCUT2D eigenvalue weighted by atomic mass is 79.9. The summed E-state index contributed by atoms with van der Waals surface area (Å²) < 4.78 is 0.963. The molecule has 0 radical (unpaired) electrons. The predicted octanol–water partition coefficient (Wildman–Crippen LogP) is 2.60. The molecule has 1 aromatic carbocycles. The zero-order valence-electron chi connectivity index (χ0n) is 10.4. The Morgan fingerprint density at radius 1 is 1.47 bits per heavy atom. The van der Waals surface area contributed by atoms with Gasteiger partial charge in [0.25, 0.3) is 5.91 Å². The molecule has 0 saturated carbocycles. The van der Waals surface area contributed by atoms with Gasteiger partial charge in [0.2, 0.25) is 0 Å². The Morgan fingerprint density at radius 3 is 2.59 bits per heavy atom. The predicted molar refractivity (Wildman–Crippen MR) is 72.1 cm³/mol. The minimum absolute atomic E-state index is 0.0144. The van der Waals surface area contributed by atoms with Crippen LogP contribution >= 0.6 is 15.9 Å². The second-order valence-corrected chi connectivity index (χ2v) is 5.19. The van der Waals surface area contributed by atoms with Gasteiger partial charge in [-0.05, 0) is 44.5 Å². The van der Waals surface area contributed by atoms with Crippen molar-refractivity contribution in [3.05, 3.63) is 33.8 Å². The summed E-state index contributed by atoms with van der Waals surface area (Å²) in [6.07, 6.45) is 0. The van der Waals surface area contributed by atoms with E-state index in [-0.39, 0.29) is 18.6 Å². The molecule has 1 rings (SSSR count). The average Bonchev–Trinajstić information content (AvgIpc) is 2.24. The minimum atomic E-state index is -0.0287. The first-order chi connectivity index (χ1) is 7.97. The molecule has 17 heavy (non-hydrogen) atoms. The van der Waals surface area contributed by atoms with Gasteiger partial charge < -0.3 is 10.0 Å². The molecule has 0 bridgehead atoms. The molecule has 1 N–H and O–H groups in total. The molecule has 0 spiro atoms. The van der Waals surface area contributed by atoms with Crippen molar-refractivity contribution in [2.45, 2.75) is 26.8 Å². The van der Waals surface area contributed by atoms with Crippen LogP contribution in [0, 0.1) is 6.92 Å². The average molecular weight is 300 g/mol. The van der Waals surface area contributed by atoms with Crippen molar-refractivity contribution in [2.24, 2.45) is 0 Å². The SMILES string of the molecule is Cc1cc(Br)ccc1C(=O)N(CCO)C(C)C. The molecule has 0 unspecified atom stereocenters. The van der Waals surface area contributed by atoms with Gasteiger partial charge in [0.15, 0.2) is 0 Å². The number of nitrogens with zero attached hydrogens (tertiary/aromatic N) is 1. The van der Waals surface area contributed by atoms with Gasteiger partial charge in [-0.15, -0.1) is 0 Å². The lowest BCUT2D eigenvalue weighted by Crippen LogP contribution is -2.39.